The van der Waals surface area contributed by atoms with Crippen molar-refractivity contribution in [2.24, 2.45) is 5.92 Å². The SMILES string of the molecule is CC(CO)C(O)/C=C/c1ccccc1. The summed E-state index contributed by atoms with van der Waals surface area (Å²) in [4.78, 5) is 0. The van der Waals surface area contributed by atoms with E-state index in [1.54, 1.807) is 13.0 Å². The Balaban J connectivity index is 2.56. The van der Waals surface area contributed by atoms with E-state index in [2.05, 4.69) is 0 Å². The lowest BCUT2D eigenvalue weighted by Gasteiger charge is -2.11. The van der Waals surface area contributed by atoms with Crippen molar-refractivity contribution in [1.29, 1.82) is 0 Å². The molecule has 0 radical (unpaired) electrons. The molecule has 0 heterocycles. The molecule has 0 saturated carbocycles. The minimum atomic E-state index is -0.583. The fourth-order valence-electron chi connectivity index (χ4n) is 1.07. The van der Waals surface area contributed by atoms with Crippen molar-refractivity contribution in [3.8, 4) is 0 Å². The van der Waals surface area contributed by atoms with Crippen LogP contribution in [0.3, 0.4) is 0 Å². The Morgan fingerprint density at radius 3 is 2.50 bits per heavy atom. The van der Waals surface area contributed by atoms with Crippen molar-refractivity contribution in [1.82, 2.24) is 0 Å². The molecule has 0 amide bonds. The van der Waals surface area contributed by atoms with Gasteiger partial charge in [0.05, 0.1) is 6.10 Å². The van der Waals surface area contributed by atoms with Gasteiger partial charge in [-0.1, -0.05) is 49.4 Å². The second kappa shape index (κ2) is 5.58. The molecule has 0 aromatic heterocycles. The minimum Gasteiger partial charge on any atom is -0.396 e. The smallest absolute Gasteiger partial charge is 0.0771 e. The Morgan fingerprint density at radius 1 is 1.29 bits per heavy atom. The van der Waals surface area contributed by atoms with Gasteiger partial charge in [0.1, 0.15) is 0 Å². The van der Waals surface area contributed by atoms with E-state index in [-0.39, 0.29) is 12.5 Å². The molecule has 2 atom stereocenters. The number of benzene rings is 1. The molecular formula is C12H16O2. The molecule has 14 heavy (non-hydrogen) atoms. The third-order valence-corrected chi connectivity index (χ3v) is 2.16. The fraction of sp³-hybridized carbons (Fsp3) is 0.333. The monoisotopic (exact) mass is 192 g/mol. The Labute approximate surface area is 84.5 Å². The van der Waals surface area contributed by atoms with Crippen LogP contribution < -0.4 is 0 Å². The molecule has 1 rings (SSSR count). The predicted molar refractivity (Wildman–Crippen MR) is 57.7 cm³/mol. The lowest BCUT2D eigenvalue weighted by molar-refractivity contribution is 0.112. The van der Waals surface area contributed by atoms with Crippen molar-refractivity contribution in [3.63, 3.8) is 0 Å². The normalized spacial score (nSPS) is 15.6. The Kier molecular flexibility index (Phi) is 4.36. The average molecular weight is 192 g/mol. The zero-order chi connectivity index (χ0) is 10.4. The molecule has 0 aliphatic heterocycles. The molecule has 0 aliphatic carbocycles. The highest BCUT2D eigenvalue weighted by atomic mass is 16.3. The summed E-state index contributed by atoms with van der Waals surface area (Å²) in [5.74, 6) is -0.116. The van der Waals surface area contributed by atoms with Gasteiger partial charge in [-0.05, 0) is 5.56 Å². The maximum atomic E-state index is 9.53. The Bertz CT molecular complexity index is 280. The highest BCUT2D eigenvalue weighted by Crippen LogP contribution is 2.07. The summed E-state index contributed by atoms with van der Waals surface area (Å²) in [6.45, 7) is 1.81. The van der Waals surface area contributed by atoms with Crippen LogP contribution in [0.2, 0.25) is 0 Å². The summed E-state index contributed by atoms with van der Waals surface area (Å²) >= 11 is 0. The van der Waals surface area contributed by atoms with Crippen molar-refractivity contribution in [3.05, 3.63) is 42.0 Å². The summed E-state index contributed by atoms with van der Waals surface area (Å²) in [6.07, 6.45) is 2.98. The van der Waals surface area contributed by atoms with Gasteiger partial charge < -0.3 is 10.2 Å². The van der Waals surface area contributed by atoms with Crippen LogP contribution in [-0.4, -0.2) is 22.9 Å². The van der Waals surface area contributed by atoms with Crippen LogP contribution in [0.1, 0.15) is 12.5 Å². The van der Waals surface area contributed by atoms with E-state index in [0.717, 1.165) is 5.56 Å². The lowest BCUT2D eigenvalue weighted by atomic mass is 10.0. The minimum absolute atomic E-state index is 0.000294. The van der Waals surface area contributed by atoms with E-state index in [1.807, 2.05) is 36.4 Å². The van der Waals surface area contributed by atoms with Gasteiger partial charge in [-0.15, -0.1) is 0 Å². The molecule has 2 nitrogen and oxygen atoms in total. The van der Waals surface area contributed by atoms with Gasteiger partial charge in [0, 0.05) is 12.5 Å². The van der Waals surface area contributed by atoms with Gasteiger partial charge in [-0.3, -0.25) is 0 Å². The van der Waals surface area contributed by atoms with E-state index < -0.39 is 6.10 Å². The van der Waals surface area contributed by atoms with E-state index in [9.17, 15) is 5.11 Å². The molecule has 0 aliphatic rings. The van der Waals surface area contributed by atoms with Crippen LogP contribution in [0.15, 0.2) is 36.4 Å². The van der Waals surface area contributed by atoms with Crippen LogP contribution >= 0.6 is 0 Å². The van der Waals surface area contributed by atoms with Gasteiger partial charge in [0.2, 0.25) is 0 Å². The van der Waals surface area contributed by atoms with Crippen molar-refractivity contribution in [2.75, 3.05) is 6.61 Å². The van der Waals surface area contributed by atoms with Crippen molar-refractivity contribution >= 4 is 6.08 Å². The van der Waals surface area contributed by atoms with Crippen molar-refractivity contribution in [2.45, 2.75) is 13.0 Å². The van der Waals surface area contributed by atoms with Crippen LogP contribution in [0.25, 0.3) is 6.08 Å². The zero-order valence-corrected chi connectivity index (χ0v) is 8.30. The van der Waals surface area contributed by atoms with Gasteiger partial charge in [0.25, 0.3) is 0 Å². The lowest BCUT2D eigenvalue weighted by Crippen LogP contribution is -2.17. The van der Waals surface area contributed by atoms with E-state index in [1.165, 1.54) is 0 Å². The quantitative estimate of drug-likeness (QED) is 0.762. The van der Waals surface area contributed by atoms with Crippen LogP contribution in [0, 0.1) is 5.92 Å². The van der Waals surface area contributed by atoms with Gasteiger partial charge in [-0.25, -0.2) is 0 Å². The highest BCUT2D eigenvalue weighted by molar-refractivity contribution is 5.49. The number of rotatable bonds is 4. The van der Waals surface area contributed by atoms with Crippen LogP contribution in [0.5, 0.6) is 0 Å². The molecule has 0 spiro atoms. The van der Waals surface area contributed by atoms with Gasteiger partial charge >= 0.3 is 0 Å². The third kappa shape index (κ3) is 3.32. The first kappa shape index (κ1) is 11.0. The maximum absolute atomic E-state index is 9.53. The van der Waals surface area contributed by atoms with Crippen LogP contribution in [0.4, 0.5) is 0 Å². The molecule has 2 heteroatoms. The highest BCUT2D eigenvalue weighted by Gasteiger charge is 2.08. The number of hydrogen-bond donors (Lipinski definition) is 2. The zero-order valence-electron chi connectivity index (χ0n) is 8.30. The Morgan fingerprint density at radius 2 is 1.93 bits per heavy atom. The standard InChI is InChI=1S/C12H16O2/c1-10(9-13)12(14)8-7-11-5-3-2-4-6-11/h2-8,10,12-14H,9H2,1H3/b8-7+. The molecule has 0 saturated heterocycles. The van der Waals surface area contributed by atoms with E-state index in [4.69, 9.17) is 5.11 Å². The van der Waals surface area contributed by atoms with Gasteiger partial charge in [-0.2, -0.15) is 0 Å². The number of hydrogen-bond acceptors (Lipinski definition) is 2. The fourth-order valence-corrected chi connectivity index (χ4v) is 1.07. The third-order valence-electron chi connectivity index (χ3n) is 2.16. The summed E-state index contributed by atoms with van der Waals surface area (Å²) < 4.78 is 0. The first-order valence-corrected chi connectivity index (χ1v) is 4.76. The number of aliphatic hydroxyl groups excluding tert-OH is 2. The van der Waals surface area contributed by atoms with Crippen LogP contribution in [-0.2, 0) is 0 Å². The summed E-state index contributed by atoms with van der Waals surface area (Å²) in [5, 5.41) is 18.3. The summed E-state index contributed by atoms with van der Waals surface area (Å²) in [6, 6.07) is 9.77. The first-order chi connectivity index (χ1) is 6.74. The Hall–Kier alpha value is -1.12. The molecule has 2 N–H and O–H groups in total. The molecule has 1 aromatic carbocycles. The molecular weight excluding hydrogens is 176 g/mol. The molecule has 1 aromatic rings. The first-order valence-electron chi connectivity index (χ1n) is 4.76. The number of aliphatic hydroxyl groups is 2. The summed E-state index contributed by atoms with van der Waals surface area (Å²) in [5.41, 5.74) is 1.05. The predicted octanol–water partition coefficient (Wildman–Crippen LogP) is 1.69. The van der Waals surface area contributed by atoms with Gasteiger partial charge in [0.15, 0.2) is 0 Å². The molecule has 0 fully saturated rings. The summed E-state index contributed by atoms with van der Waals surface area (Å²) in [7, 11) is 0. The largest absolute Gasteiger partial charge is 0.396 e. The molecule has 0 bridgehead atoms. The maximum Gasteiger partial charge on any atom is 0.0771 e. The second-order valence-corrected chi connectivity index (χ2v) is 3.42. The van der Waals surface area contributed by atoms with E-state index in [0.29, 0.717) is 0 Å². The topological polar surface area (TPSA) is 40.5 Å². The molecule has 2 unspecified atom stereocenters. The van der Waals surface area contributed by atoms with Crippen molar-refractivity contribution < 1.29 is 10.2 Å². The average Bonchev–Trinajstić information content (AvgIpc) is 2.26. The molecule has 76 valence electrons. The van der Waals surface area contributed by atoms with E-state index >= 15 is 0 Å². The second-order valence-electron chi connectivity index (χ2n) is 3.42.